The van der Waals surface area contributed by atoms with Crippen LogP contribution in [0.3, 0.4) is 0 Å². The van der Waals surface area contributed by atoms with Crippen LogP contribution in [0.4, 0.5) is 0 Å². The molecule has 0 fully saturated rings. The number of hydrogen-bond acceptors (Lipinski definition) is 1. The van der Waals surface area contributed by atoms with Crippen LogP contribution >= 0.6 is 0 Å². The van der Waals surface area contributed by atoms with E-state index in [0.717, 1.165) is 18.4 Å². The number of carbonyl (C=O) groups excluding carboxylic acids is 1. The van der Waals surface area contributed by atoms with Crippen molar-refractivity contribution in [2.24, 2.45) is 0 Å². The first-order valence-corrected chi connectivity index (χ1v) is 10.2. The van der Waals surface area contributed by atoms with E-state index < -0.39 is 0 Å². The lowest BCUT2D eigenvalue weighted by Gasteiger charge is -2.20. The zero-order chi connectivity index (χ0) is 19.1. The molecule has 0 saturated carbocycles. The second-order valence-electron chi connectivity index (χ2n) is 8.05. The predicted octanol–water partition coefficient (Wildman–Crippen LogP) is 7.26. The molecule has 4 rings (SSSR count). The van der Waals surface area contributed by atoms with Crippen LogP contribution in [0.5, 0.6) is 0 Å². The van der Waals surface area contributed by atoms with Crippen molar-refractivity contribution in [3.8, 4) is 0 Å². The number of hydrogen-bond donors (Lipinski definition) is 0. The molecular weight excluding hydrogens is 328 g/mol. The highest BCUT2D eigenvalue weighted by Crippen LogP contribution is 2.40. The summed E-state index contributed by atoms with van der Waals surface area (Å²) >= 11 is 0. The summed E-state index contributed by atoms with van der Waals surface area (Å²) in [4.78, 5) is 11.3. The summed E-state index contributed by atoms with van der Waals surface area (Å²) in [6.07, 6.45) is 4.72. The molecule has 4 aromatic rings. The van der Waals surface area contributed by atoms with Crippen LogP contribution in [-0.2, 0) is 11.2 Å². The molecule has 0 aliphatic rings. The van der Waals surface area contributed by atoms with Gasteiger partial charge >= 0.3 is 0 Å². The lowest BCUT2D eigenvalue weighted by atomic mass is 9.85. The van der Waals surface area contributed by atoms with E-state index in [9.17, 15) is 4.79 Å². The Bertz CT molecular complexity index is 1120. The summed E-state index contributed by atoms with van der Waals surface area (Å²) in [7, 11) is 0. The van der Waals surface area contributed by atoms with Gasteiger partial charge in [0.2, 0.25) is 0 Å². The van der Waals surface area contributed by atoms with Crippen LogP contribution in [0, 0.1) is 0 Å². The second-order valence-corrected chi connectivity index (χ2v) is 8.05. The molecule has 0 radical (unpaired) electrons. The standard InChI is InChI=1S/C26H27O/c1-5-16(3)21-12-19-7-8-20-13-22(17(4)6-2)15-24-18(9-10-27)11-23(14-21)25(19)26(20)24/h7-8,11-17H,5-6,9H2,1-4H3/q-1. The molecule has 1 nitrogen and oxygen atoms in total. The van der Waals surface area contributed by atoms with E-state index in [1.807, 2.05) is 0 Å². The maximum absolute atomic E-state index is 11.3. The quantitative estimate of drug-likeness (QED) is 0.263. The van der Waals surface area contributed by atoms with Crippen molar-refractivity contribution >= 4 is 38.6 Å². The van der Waals surface area contributed by atoms with Gasteiger partial charge in [0, 0.05) is 0 Å². The minimum absolute atomic E-state index is 0.350. The smallest absolute Gasteiger partial charge is 0.00247 e. The van der Waals surface area contributed by atoms with Crippen molar-refractivity contribution in [1.29, 1.82) is 0 Å². The Hall–Kier alpha value is -2.41. The summed E-state index contributed by atoms with van der Waals surface area (Å²) < 4.78 is 0. The van der Waals surface area contributed by atoms with Gasteiger partial charge < -0.3 is 4.79 Å². The molecule has 0 aliphatic carbocycles. The van der Waals surface area contributed by atoms with Crippen molar-refractivity contribution in [1.82, 2.24) is 0 Å². The van der Waals surface area contributed by atoms with Gasteiger partial charge in [0.1, 0.15) is 0 Å². The van der Waals surface area contributed by atoms with Crippen molar-refractivity contribution in [3.05, 3.63) is 59.2 Å². The van der Waals surface area contributed by atoms with Gasteiger partial charge in [-0.1, -0.05) is 75.7 Å². The molecule has 2 unspecified atom stereocenters. The number of rotatable bonds is 6. The summed E-state index contributed by atoms with van der Waals surface area (Å²) in [5.74, 6) is 1.04. The average Bonchev–Trinajstić information content (AvgIpc) is 2.70. The predicted molar refractivity (Wildman–Crippen MR) is 117 cm³/mol. The molecular formula is C26H27O-. The third-order valence-corrected chi connectivity index (χ3v) is 6.41. The Kier molecular flexibility index (Phi) is 4.63. The van der Waals surface area contributed by atoms with Gasteiger partial charge in [-0.2, -0.15) is 0 Å². The van der Waals surface area contributed by atoms with E-state index in [1.165, 1.54) is 43.4 Å². The Morgan fingerprint density at radius 2 is 1.33 bits per heavy atom. The molecule has 0 saturated heterocycles. The molecule has 0 amide bonds. The van der Waals surface area contributed by atoms with Gasteiger partial charge in [-0.15, -0.1) is 6.42 Å². The van der Waals surface area contributed by atoms with Crippen LogP contribution in [-0.4, -0.2) is 6.29 Å². The molecule has 27 heavy (non-hydrogen) atoms. The molecule has 4 aromatic carbocycles. The van der Waals surface area contributed by atoms with Crippen LogP contribution < -0.4 is 0 Å². The van der Waals surface area contributed by atoms with E-state index in [4.69, 9.17) is 0 Å². The van der Waals surface area contributed by atoms with Gasteiger partial charge in [-0.25, -0.2) is 0 Å². The SMILES string of the molecule is CCC(C)c1cc2ccc3cc(C(C)CC)cc4c(C[C-]=O)cc(c1)c2c34. The third-order valence-electron chi connectivity index (χ3n) is 6.41. The first-order valence-electron chi connectivity index (χ1n) is 10.2. The van der Waals surface area contributed by atoms with Crippen molar-refractivity contribution in [3.63, 3.8) is 0 Å². The maximum Gasteiger partial charge on any atom is -0.00247 e. The molecule has 0 N–H and O–H groups in total. The Balaban J connectivity index is 2.13. The van der Waals surface area contributed by atoms with Crippen LogP contribution in [0.1, 0.15) is 69.1 Å². The summed E-state index contributed by atoms with van der Waals surface area (Å²) in [5, 5.41) is 7.70. The fraction of sp³-hybridized carbons (Fsp3) is 0.346. The zero-order valence-electron chi connectivity index (χ0n) is 16.7. The second kappa shape index (κ2) is 6.96. The van der Waals surface area contributed by atoms with Crippen molar-refractivity contribution in [2.75, 3.05) is 0 Å². The van der Waals surface area contributed by atoms with E-state index in [2.05, 4.69) is 76.4 Å². The molecule has 0 aromatic heterocycles. The normalized spacial score (nSPS) is 14.2. The summed E-state index contributed by atoms with van der Waals surface area (Å²) in [5.41, 5.74) is 3.84. The van der Waals surface area contributed by atoms with Gasteiger partial charge in [0.15, 0.2) is 0 Å². The maximum atomic E-state index is 11.3. The Morgan fingerprint density at radius 1 is 0.778 bits per heavy atom. The van der Waals surface area contributed by atoms with E-state index in [0.29, 0.717) is 18.3 Å². The van der Waals surface area contributed by atoms with Crippen molar-refractivity contribution in [2.45, 2.75) is 58.8 Å². The summed E-state index contributed by atoms with van der Waals surface area (Å²) in [6.45, 7) is 9.02. The molecule has 0 spiro atoms. The van der Waals surface area contributed by atoms with Crippen LogP contribution in [0.2, 0.25) is 0 Å². The van der Waals surface area contributed by atoms with Gasteiger partial charge in [0.05, 0.1) is 0 Å². The minimum Gasteiger partial charge on any atom is -0.541 e. The van der Waals surface area contributed by atoms with E-state index in [1.54, 1.807) is 0 Å². The van der Waals surface area contributed by atoms with Crippen LogP contribution in [0.15, 0.2) is 42.5 Å². The topological polar surface area (TPSA) is 17.1 Å². The fourth-order valence-electron chi connectivity index (χ4n) is 4.31. The van der Waals surface area contributed by atoms with Crippen LogP contribution in [0.25, 0.3) is 32.3 Å². The molecule has 0 bridgehead atoms. The zero-order valence-corrected chi connectivity index (χ0v) is 16.7. The van der Waals surface area contributed by atoms with E-state index in [-0.39, 0.29) is 0 Å². The molecule has 0 aliphatic heterocycles. The molecule has 2 atom stereocenters. The first kappa shape index (κ1) is 18.0. The fourth-order valence-corrected chi connectivity index (χ4v) is 4.31. The lowest BCUT2D eigenvalue weighted by molar-refractivity contribution is 0.555. The molecule has 138 valence electrons. The highest BCUT2D eigenvalue weighted by atomic mass is 16.1. The van der Waals surface area contributed by atoms with Gasteiger partial charge in [-0.3, -0.25) is 6.29 Å². The average molecular weight is 356 g/mol. The van der Waals surface area contributed by atoms with E-state index >= 15 is 0 Å². The highest BCUT2D eigenvalue weighted by Gasteiger charge is 2.15. The number of benzene rings is 4. The van der Waals surface area contributed by atoms with Gasteiger partial charge in [-0.05, 0) is 68.1 Å². The first-order chi connectivity index (χ1) is 13.1. The Labute approximate surface area is 161 Å². The molecule has 0 heterocycles. The summed E-state index contributed by atoms with van der Waals surface area (Å²) in [6, 6.07) is 16.1. The molecule has 1 heteroatoms. The minimum atomic E-state index is 0.350. The third kappa shape index (κ3) is 2.90. The lowest BCUT2D eigenvalue weighted by Crippen LogP contribution is -1.98. The van der Waals surface area contributed by atoms with Crippen molar-refractivity contribution < 1.29 is 4.79 Å². The largest absolute Gasteiger partial charge is 0.541 e. The Morgan fingerprint density at radius 3 is 1.93 bits per heavy atom. The monoisotopic (exact) mass is 355 g/mol. The highest BCUT2D eigenvalue weighted by molar-refractivity contribution is 6.24. The van der Waals surface area contributed by atoms with Gasteiger partial charge in [0.25, 0.3) is 0 Å².